The first kappa shape index (κ1) is 16.1. The van der Waals surface area contributed by atoms with Crippen LogP contribution in [0.2, 0.25) is 0 Å². The van der Waals surface area contributed by atoms with Crippen LogP contribution in [-0.4, -0.2) is 11.9 Å². The second-order valence-electron chi connectivity index (χ2n) is 7.42. The zero-order valence-electron chi connectivity index (χ0n) is 13.7. The Bertz CT molecular complexity index is 446. The van der Waals surface area contributed by atoms with Crippen LogP contribution in [0, 0.1) is 11.3 Å². The lowest BCUT2D eigenvalue weighted by molar-refractivity contribution is -0.122. The normalized spacial score (nSPS) is 22.8. The van der Waals surface area contributed by atoms with E-state index in [1.807, 2.05) is 18.2 Å². The van der Waals surface area contributed by atoms with Gasteiger partial charge in [0.15, 0.2) is 0 Å². The molecule has 1 aliphatic rings. The maximum absolute atomic E-state index is 12.2. The lowest BCUT2D eigenvalue weighted by Gasteiger charge is -2.40. The molecule has 1 aromatic carbocycles. The molecule has 1 aliphatic carbocycles. The van der Waals surface area contributed by atoms with E-state index in [0.29, 0.717) is 18.4 Å². The Morgan fingerprint density at radius 2 is 1.81 bits per heavy atom. The monoisotopic (exact) mass is 287 g/mol. The van der Waals surface area contributed by atoms with Gasteiger partial charge in [0, 0.05) is 12.5 Å². The van der Waals surface area contributed by atoms with Gasteiger partial charge in [-0.3, -0.25) is 4.79 Å². The van der Waals surface area contributed by atoms with Gasteiger partial charge in [-0.15, -0.1) is 0 Å². The van der Waals surface area contributed by atoms with E-state index in [0.717, 1.165) is 12.8 Å². The highest BCUT2D eigenvalue weighted by Gasteiger charge is 2.34. The standard InChI is InChI=1S/C19H29NO/c1-19(2,3)16-11-7-8-12-17(16)20-18(21)14-13-15-9-5-4-6-10-15/h4-6,9-10,16-17H,7-8,11-14H2,1-3H3,(H,20,21). The van der Waals surface area contributed by atoms with Crippen molar-refractivity contribution in [3.8, 4) is 0 Å². The fraction of sp³-hybridized carbons (Fsp3) is 0.632. The second-order valence-corrected chi connectivity index (χ2v) is 7.42. The van der Waals surface area contributed by atoms with Gasteiger partial charge in [-0.2, -0.15) is 0 Å². The van der Waals surface area contributed by atoms with Crippen LogP contribution >= 0.6 is 0 Å². The Morgan fingerprint density at radius 1 is 1.14 bits per heavy atom. The van der Waals surface area contributed by atoms with Crippen LogP contribution < -0.4 is 5.32 Å². The number of hydrogen-bond acceptors (Lipinski definition) is 1. The van der Waals surface area contributed by atoms with E-state index in [2.05, 4.69) is 38.2 Å². The fourth-order valence-corrected chi connectivity index (χ4v) is 3.52. The van der Waals surface area contributed by atoms with E-state index in [1.165, 1.54) is 24.8 Å². The summed E-state index contributed by atoms with van der Waals surface area (Å²) in [5, 5.41) is 3.31. The fourth-order valence-electron chi connectivity index (χ4n) is 3.52. The van der Waals surface area contributed by atoms with Crippen LogP contribution in [0.3, 0.4) is 0 Å². The Hall–Kier alpha value is -1.31. The molecule has 0 saturated heterocycles. The summed E-state index contributed by atoms with van der Waals surface area (Å²) >= 11 is 0. The molecule has 0 radical (unpaired) electrons. The first-order chi connectivity index (χ1) is 9.97. The zero-order chi connectivity index (χ0) is 15.3. The van der Waals surface area contributed by atoms with Crippen molar-refractivity contribution in [3.63, 3.8) is 0 Å². The van der Waals surface area contributed by atoms with Gasteiger partial charge < -0.3 is 5.32 Å². The number of carbonyl (C=O) groups excluding carboxylic acids is 1. The van der Waals surface area contributed by atoms with Gasteiger partial charge in [0.1, 0.15) is 0 Å². The van der Waals surface area contributed by atoms with Crippen molar-refractivity contribution in [2.45, 2.75) is 65.3 Å². The van der Waals surface area contributed by atoms with E-state index in [1.54, 1.807) is 0 Å². The van der Waals surface area contributed by atoms with Gasteiger partial charge >= 0.3 is 0 Å². The predicted molar refractivity (Wildman–Crippen MR) is 88.1 cm³/mol. The number of hydrogen-bond donors (Lipinski definition) is 1. The molecule has 0 aliphatic heterocycles. The molecule has 21 heavy (non-hydrogen) atoms. The van der Waals surface area contributed by atoms with Crippen LogP contribution in [-0.2, 0) is 11.2 Å². The first-order valence-corrected chi connectivity index (χ1v) is 8.30. The van der Waals surface area contributed by atoms with Gasteiger partial charge in [-0.1, -0.05) is 63.9 Å². The summed E-state index contributed by atoms with van der Waals surface area (Å²) in [4.78, 5) is 12.2. The highest BCUT2D eigenvalue weighted by atomic mass is 16.1. The molecular formula is C19H29NO. The largest absolute Gasteiger partial charge is 0.353 e. The number of aryl methyl sites for hydroxylation is 1. The van der Waals surface area contributed by atoms with Crippen LogP contribution in [0.1, 0.15) is 58.4 Å². The quantitative estimate of drug-likeness (QED) is 0.877. The molecule has 2 atom stereocenters. The van der Waals surface area contributed by atoms with Crippen molar-refractivity contribution in [1.82, 2.24) is 5.32 Å². The second kappa shape index (κ2) is 7.11. The third-order valence-corrected chi connectivity index (χ3v) is 4.71. The van der Waals surface area contributed by atoms with Crippen LogP contribution in [0.5, 0.6) is 0 Å². The Balaban J connectivity index is 1.86. The van der Waals surface area contributed by atoms with Crippen molar-refractivity contribution in [2.75, 3.05) is 0 Å². The van der Waals surface area contributed by atoms with Crippen molar-refractivity contribution in [3.05, 3.63) is 35.9 Å². The SMILES string of the molecule is CC(C)(C)C1CCCCC1NC(=O)CCc1ccccc1. The Labute approximate surface area is 129 Å². The lowest BCUT2D eigenvalue weighted by atomic mass is 9.69. The molecule has 1 amide bonds. The van der Waals surface area contributed by atoms with E-state index in [9.17, 15) is 4.79 Å². The van der Waals surface area contributed by atoms with Gasteiger partial charge in [0.25, 0.3) is 0 Å². The highest BCUT2D eigenvalue weighted by molar-refractivity contribution is 5.76. The van der Waals surface area contributed by atoms with Crippen molar-refractivity contribution < 1.29 is 4.79 Å². The van der Waals surface area contributed by atoms with E-state index in [-0.39, 0.29) is 11.3 Å². The summed E-state index contributed by atoms with van der Waals surface area (Å²) in [6, 6.07) is 10.6. The van der Waals surface area contributed by atoms with E-state index < -0.39 is 0 Å². The Kier molecular flexibility index (Phi) is 5.44. The first-order valence-electron chi connectivity index (χ1n) is 8.30. The molecule has 0 bridgehead atoms. The minimum atomic E-state index is 0.208. The molecule has 116 valence electrons. The van der Waals surface area contributed by atoms with Crippen LogP contribution in [0.15, 0.2) is 30.3 Å². The molecule has 0 spiro atoms. The smallest absolute Gasteiger partial charge is 0.220 e. The summed E-state index contributed by atoms with van der Waals surface area (Å²) in [6.45, 7) is 6.89. The molecule has 1 aromatic rings. The summed E-state index contributed by atoms with van der Waals surface area (Å²) in [5.41, 5.74) is 1.52. The van der Waals surface area contributed by atoms with Gasteiger partial charge in [-0.05, 0) is 36.2 Å². The Morgan fingerprint density at radius 3 is 2.48 bits per heavy atom. The molecule has 0 heterocycles. The number of benzene rings is 1. The minimum absolute atomic E-state index is 0.208. The third-order valence-electron chi connectivity index (χ3n) is 4.71. The summed E-state index contributed by atoms with van der Waals surface area (Å²) in [7, 11) is 0. The minimum Gasteiger partial charge on any atom is -0.353 e. The summed E-state index contributed by atoms with van der Waals surface area (Å²) in [5.74, 6) is 0.812. The third kappa shape index (κ3) is 4.87. The molecular weight excluding hydrogens is 258 g/mol. The average Bonchev–Trinajstić information content (AvgIpc) is 2.46. The number of rotatable bonds is 4. The molecule has 2 nitrogen and oxygen atoms in total. The van der Waals surface area contributed by atoms with Crippen molar-refractivity contribution in [1.29, 1.82) is 0 Å². The molecule has 1 fully saturated rings. The highest BCUT2D eigenvalue weighted by Crippen LogP contribution is 2.37. The maximum Gasteiger partial charge on any atom is 0.220 e. The molecule has 1 N–H and O–H groups in total. The lowest BCUT2D eigenvalue weighted by Crippen LogP contribution is -2.46. The van der Waals surface area contributed by atoms with E-state index >= 15 is 0 Å². The molecule has 1 saturated carbocycles. The van der Waals surface area contributed by atoms with Crippen molar-refractivity contribution >= 4 is 5.91 Å². The van der Waals surface area contributed by atoms with Gasteiger partial charge in [0.05, 0.1) is 0 Å². The number of carbonyl (C=O) groups is 1. The zero-order valence-corrected chi connectivity index (χ0v) is 13.7. The average molecular weight is 287 g/mol. The number of nitrogens with one attached hydrogen (secondary N) is 1. The van der Waals surface area contributed by atoms with E-state index in [4.69, 9.17) is 0 Å². The topological polar surface area (TPSA) is 29.1 Å². The predicted octanol–water partition coefficient (Wildman–Crippen LogP) is 4.34. The summed E-state index contributed by atoms with van der Waals surface area (Å²) in [6.07, 6.45) is 6.36. The van der Waals surface area contributed by atoms with Crippen LogP contribution in [0.4, 0.5) is 0 Å². The molecule has 2 unspecified atom stereocenters. The molecule has 2 heteroatoms. The molecule has 0 aromatic heterocycles. The van der Waals surface area contributed by atoms with Crippen LogP contribution in [0.25, 0.3) is 0 Å². The maximum atomic E-state index is 12.2. The molecule has 2 rings (SSSR count). The van der Waals surface area contributed by atoms with Gasteiger partial charge in [-0.25, -0.2) is 0 Å². The number of amides is 1. The van der Waals surface area contributed by atoms with Gasteiger partial charge in [0.2, 0.25) is 5.91 Å². The summed E-state index contributed by atoms with van der Waals surface area (Å²) < 4.78 is 0. The van der Waals surface area contributed by atoms with Crippen molar-refractivity contribution in [2.24, 2.45) is 11.3 Å².